The third-order valence-corrected chi connectivity index (χ3v) is 5.31. The second kappa shape index (κ2) is 7.03. The van der Waals surface area contributed by atoms with Gasteiger partial charge in [0.15, 0.2) is 11.6 Å². The minimum atomic E-state index is -0.262. The van der Waals surface area contributed by atoms with E-state index in [1.807, 2.05) is 18.0 Å². The lowest BCUT2D eigenvalue weighted by Gasteiger charge is -2.26. The van der Waals surface area contributed by atoms with Crippen LogP contribution in [0.4, 0.5) is 15.9 Å². The fourth-order valence-electron chi connectivity index (χ4n) is 3.81. The maximum atomic E-state index is 13.9. The summed E-state index contributed by atoms with van der Waals surface area (Å²) >= 11 is 0. The average molecular weight is 354 g/mol. The summed E-state index contributed by atoms with van der Waals surface area (Å²) in [5.74, 6) is 0.357. The molecule has 26 heavy (non-hydrogen) atoms. The number of carbonyl (C=O) groups is 1. The molecular formula is C20H23FN4O. The highest BCUT2D eigenvalue weighted by atomic mass is 19.1. The molecule has 0 saturated carbocycles. The van der Waals surface area contributed by atoms with E-state index in [4.69, 9.17) is 0 Å². The number of rotatable bonds is 4. The molecule has 1 amide bonds. The van der Waals surface area contributed by atoms with Gasteiger partial charge in [0.25, 0.3) is 0 Å². The number of nitrogens with one attached hydrogen (secondary N) is 1. The van der Waals surface area contributed by atoms with E-state index in [1.165, 1.54) is 17.2 Å². The minimum absolute atomic E-state index is 0.177. The molecular weight excluding hydrogens is 331 g/mol. The second-order valence-electron chi connectivity index (χ2n) is 7.04. The van der Waals surface area contributed by atoms with Crippen molar-refractivity contribution in [2.24, 2.45) is 0 Å². The highest BCUT2D eigenvalue weighted by Gasteiger charge is 2.25. The molecule has 6 heteroatoms. The quantitative estimate of drug-likeness (QED) is 0.917. The summed E-state index contributed by atoms with van der Waals surface area (Å²) in [6.45, 7) is 2.34. The van der Waals surface area contributed by atoms with Crippen LogP contribution in [0.5, 0.6) is 0 Å². The Morgan fingerprint density at radius 1 is 1.31 bits per heavy atom. The number of hydrogen-bond donors (Lipinski definition) is 1. The molecule has 3 heterocycles. The fourth-order valence-corrected chi connectivity index (χ4v) is 3.81. The number of benzene rings is 1. The number of amides is 1. The first kappa shape index (κ1) is 17.0. The third-order valence-electron chi connectivity index (χ3n) is 5.31. The monoisotopic (exact) mass is 354 g/mol. The van der Waals surface area contributed by atoms with E-state index in [0.717, 1.165) is 38.2 Å². The van der Waals surface area contributed by atoms with Crippen molar-refractivity contribution in [3.8, 4) is 0 Å². The lowest BCUT2D eigenvalue weighted by atomic mass is 9.99. The number of hydrogen-bond acceptors (Lipinski definition) is 4. The number of anilines is 2. The summed E-state index contributed by atoms with van der Waals surface area (Å²) in [5.41, 5.74) is 3.46. The van der Waals surface area contributed by atoms with Crippen LogP contribution in [0.25, 0.3) is 0 Å². The zero-order valence-corrected chi connectivity index (χ0v) is 14.9. The van der Waals surface area contributed by atoms with E-state index in [2.05, 4.69) is 22.4 Å². The smallest absolute Gasteiger partial charge is 0.227 e. The van der Waals surface area contributed by atoms with Gasteiger partial charge < -0.3 is 15.1 Å². The van der Waals surface area contributed by atoms with Crippen LogP contribution in [0.1, 0.15) is 24.0 Å². The van der Waals surface area contributed by atoms with E-state index in [0.29, 0.717) is 18.3 Å². The van der Waals surface area contributed by atoms with Crippen LogP contribution >= 0.6 is 0 Å². The van der Waals surface area contributed by atoms with E-state index in [1.54, 1.807) is 17.2 Å². The summed E-state index contributed by atoms with van der Waals surface area (Å²) in [6.07, 6.45) is 3.99. The van der Waals surface area contributed by atoms with Crippen LogP contribution in [0.2, 0.25) is 0 Å². The first-order valence-corrected chi connectivity index (χ1v) is 9.09. The van der Waals surface area contributed by atoms with Crippen molar-refractivity contribution in [3.63, 3.8) is 0 Å². The standard InChI is InChI=1S/C20H23FN4O/c1-24-18-6-4-14(11-15(18)5-7-19(24)26)12-23-16-8-10-25(13-16)20-17(21)3-2-9-22-20/h2-4,6,9,11,16,23H,5,7-8,10,12-13H2,1H3. The number of pyridine rings is 1. The van der Waals surface area contributed by atoms with Crippen LogP contribution in [-0.2, 0) is 17.8 Å². The summed E-state index contributed by atoms with van der Waals surface area (Å²) in [5, 5.41) is 3.57. The molecule has 0 spiro atoms. The van der Waals surface area contributed by atoms with Crippen LogP contribution < -0.4 is 15.1 Å². The van der Waals surface area contributed by atoms with Crippen molar-refractivity contribution in [1.29, 1.82) is 0 Å². The molecule has 136 valence electrons. The predicted octanol–water partition coefficient (Wildman–Crippen LogP) is 2.50. The lowest BCUT2D eigenvalue weighted by molar-refractivity contribution is -0.118. The molecule has 1 N–H and O–H groups in total. The minimum Gasteiger partial charge on any atom is -0.353 e. The summed E-state index contributed by atoms with van der Waals surface area (Å²) in [6, 6.07) is 9.69. The van der Waals surface area contributed by atoms with Crippen LogP contribution in [0, 0.1) is 5.82 Å². The predicted molar refractivity (Wildman–Crippen MR) is 99.8 cm³/mol. The topological polar surface area (TPSA) is 48.5 Å². The van der Waals surface area contributed by atoms with Gasteiger partial charge in [0, 0.05) is 51.0 Å². The van der Waals surface area contributed by atoms with Crippen molar-refractivity contribution in [2.75, 3.05) is 29.9 Å². The highest BCUT2D eigenvalue weighted by Crippen LogP contribution is 2.28. The Bertz CT molecular complexity index is 825. The van der Waals surface area contributed by atoms with Gasteiger partial charge in [-0.25, -0.2) is 9.37 Å². The number of nitrogens with zero attached hydrogens (tertiary/aromatic N) is 3. The Morgan fingerprint density at radius 2 is 2.19 bits per heavy atom. The second-order valence-corrected chi connectivity index (χ2v) is 7.04. The Kier molecular flexibility index (Phi) is 4.59. The molecule has 1 aromatic heterocycles. The van der Waals surface area contributed by atoms with Crippen molar-refractivity contribution in [1.82, 2.24) is 10.3 Å². The highest BCUT2D eigenvalue weighted by molar-refractivity contribution is 5.95. The van der Waals surface area contributed by atoms with Gasteiger partial charge in [0.1, 0.15) is 0 Å². The van der Waals surface area contributed by atoms with Gasteiger partial charge in [-0.15, -0.1) is 0 Å². The Balaban J connectivity index is 1.37. The van der Waals surface area contributed by atoms with Crippen molar-refractivity contribution in [2.45, 2.75) is 31.8 Å². The third kappa shape index (κ3) is 3.29. The van der Waals surface area contributed by atoms with Crippen LogP contribution in [0.15, 0.2) is 36.5 Å². The summed E-state index contributed by atoms with van der Waals surface area (Å²) in [4.78, 5) is 19.7. The van der Waals surface area contributed by atoms with E-state index < -0.39 is 0 Å². The molecule has 1 unspecified atom stereocenters. The molecule has 2 aliphatic heterocycles. The maximum absolute atomic E-state index is 13.9. The van der Waals surface area contributed by atoms with Gasteiger partial charge in [0.2, 0.25) is 5.91 Å². The molecule has 1 aromatic carbocycles. The number of carbonyl (C=O) groups excluding carboxylic acids is 1. The molecule has 1 fully saturated rings. The van der Waals surface area contributed by atoms with Gasteiger partial charge >= 0.3 is 0 Å². The zero-order chi connectivity index (χ0) is 18.1. The Labute approximate surface area is 152 Å². The summed E-state index contributed by atoms with van der Waals surface area (Å²) in [7, 11) is 1.84. The molecule has 2 aromatic rings. The van der Waals surface area contributed by atoms with Crippen molar-refractivity contribution >= 4 is 17.4 Å². The first-order valence-electron chi connectivity index (χ1n) is 9.09. The van der Waals surface area contributed by atoms with E-state index >= 15 is 0 Å². The maximum Gasteiger partial charge on any atom is 0.227 e. The fraction of sp³-hybridized carbons (Fsp3) is 0.400. The molecule has 4 rings (SSSR count). The van der Waals surface area contributed by atoms with Crippen molar-refractivity contribution < 1.29 is 9.18 Å². The van der Waals surface area contributed by atoms with Gasteiger partial charge in [-0.2, -0.15) is 0 Å². The Morgan fingerprint density at radius 3 is 3.04 bits per heavy atom. The van der Waals surface area contributed by atoms with Gasteiger partial charge in [-0.05, 0) is 42.2 Å². The number of halogens is 1. The molecule has 5 nitrogen and oxygen atoms in total. The molecule has 0 radical (unpaired) electrons. The number of fused-ring (bicyclic) bond motifs is 1. The average Bonchev–Trinajstić information content (AvgIpc) is 3.12. The molecule has 0 aliphatic carbocycles. The van der Waals surface area contributed by atoms with Gasteiger partial charge in [-0.3, -0.25) is 4.79 Å². The van der Waals surface area contributed by atoms with Crippen LogP contribution in [0.3, 0.4) is 0 Å². The first-order chi connectivity index (χ1) is 12.6. The molecule has 1 saturated heterocycles. The van der Waals surface area contributed by atoms with Gasteiger partial charge in [-0.1, -0.05) is 12.1 Å². The number of aromatic nitrogens is 1. The Hall–Kier alpha value is -2.47. The lowest BCUT2D eigenvalue weighted by Crippen LogP contribution is -2.33. The van der Waals surface area contributed by atoms with Crippen molar-refractivity contribution in [3.05, 3.63) is 53.5 Å². The van der Waals surface area contributed by atoms with Gasteiger partial charge in [0.05, 0.1) is 0 Å². The molecule has 2 aliphatic rings. The number of aryl methyl sites for hydroxylation is 1. The largest absolute Gasteiger partial charge is 0.353 e. The molecule has 0 bridgehead atoms. The van der Waals surface area contributed by atoms with E-state index in [-0.39, 0.29) is 11.7 Å². The molecule has 1 atom stereocenters. The SMILES string of the molecule is CN1C(=O)CCc2cc(CNC3CCN(c4ncccc4F)C3)ccc21. The van der Waals surface area contributed by atoms with Crippen LogP contribution in [-0.4, -0.2) is 37.1 Å². The normalized spacial score (nSPS) is 19.8. The van der Waals surface area contributed by atoms with E-state index in [9.17, 15) is 9.18 Å². The zero-order valence-electron chi connectivity index (χ0n) is 14.9. The summed E-state index contributed by atoms with van der Waals surface area (Å²) < 4.78 is 13.9.